The van der Waals surface area contributed by atoms with Crippen molar-refractivity contribution in [2.45, 2.75) is 30.6 Å². The lowest BCUT2D eigenvalue weighted by Crippen LogP contribution is -2.44. The molecule has 0 fully saturated rings. The van der Waals surface area contributed by atoms with Gasteiger partial charge in [-0.05, 0) is 49.7 Å². The molecule has 0 atom stereocenters. The second kappa shape index (κ2) is 11.2. The average molecular weight is 596 g/mol. The van der Waals surface area contributed by atoms with Gasteiger partial charge in [0, 0.05) is 26.1 Å². The molecule has 0 saturated heterocycles. The summed E-state index contributed by atoms with van der Waals surface area (Å²) in [5, 5.41) is 0. The first kappa shape index (κ1) is 29.2. The molecule has 2 heterocycles. The fourth-order valence-corrected chi connectivity index (χ4v) is 6.55. The van der Waals surface area contributed by atoms with Crippen LogP contribution in [0.25, 0.3) is 0 Å². The first-order valence-corrected chi connectivity index (χ1v) is 14.7. The third-order valence-electron chi connectivity index (χ3n) is 7.31. The summed E-state index contributed by atoms with van der Waals surface area (Å²) in [5.41, 5.74) is 1.49. The number of amides is 4. The largest absolute Gasteiger partial charge is 0.274 e. The molecule has 3 aromatic carbocycles. The van der Waals surface area contributed by atoms with Crippen molar-refractivity contribution in [1.82, 2.24) is 14.1 Å². The molecule has 0 saturated carbocycles. The zero-order valence-electron chi connectivity index (χ0n) is 22.6. The summed E-state index contributed by atoms with van der Waals surface area (Å²) in [4.78, 5) is 52.2. The minimum atomic E-state index is -4.41. The minimum Gasteiger partial charge on any atom is -0.274 e. The van der Waals surface area contributed by atoms with Gasteiger partial charge in [0.25, 0.3) is 29.6 Å². The number of carbonyl (C=O) groups is 4. The Morgan fingerprint density at radius 2 is 1.12 bits per heavy atom. The molecule has 218 valence electrons. The van der Waals surface area contributed by atoms with Crippen molar-refractivity contribution < 1.29 is 36.4 Å². The number of hydrogen-bond acceptors (Lipinski definition) is 6. The van der Waals surface area contributed by atoms with Crippen molar-refractivity contribution in [2.24, 2.45) is 0 Å². The van der Waals surface area contributed by atoms with E-state index in [2.05, 4.69) is 0 Å². The van der Waals surface area contributed by atoms with Gasteiger partial charge >= 0.3 is 0 Å². The number of aryl methyl sites for hydroxylation is 1. The maximum Gasteiger partial charge on any atom is 0.263 e. The number of hydrogen-bond donors (Lipinski definition) is 0. The van der Waals surface area contributed by atoms with E-state index < -0.39 is 65.6 Å². The van der Waals surface area contributed by atoms with Crippen molar-refractivity contribution >= 4 is 33.7 Å². The van der Waals surface area contributed by atoms with Gasteiger partial charge in [-0.25, -0.2) is 17.2 Å². The molecule has 2 aliphatic heterocycles. The Morgan fingerprint density at radius 1 is 0.690 bits per heavy atom. The summed E-state index contributed by atoms with van der Waals surface area (Å²) in [5.74, 6) is -6.06. The maximum absolute atomic E-state index is 15.4. The molecule has 2 aliphatic rings. The molecule has 42 heavy (non-hydrogen) atoms. The van der Waals surface area contributed by atoms with Gasteiger partial charge in [-0.15, -0.1) is 0 Å². The summed E-state index contributed by atoms with van der Waals surface area (Å²) < 4.78 is 58.4. The van der Waals surface area contributed by atoms with Crippen LogP contribution in [-0.2, 0) is 10.0 Å². The third-order valence-corrected chi connectivity index (χ3v) is 9.17. The van der Waals surface area contributed by atoms with Crippen LogP contribution in [0.5, 0.6) is 0 Å². The summed E-state index contributed by atoms with van der Waals surface area (Å²) in [6.07, 6.45) is -1.05. The summed E-state index contributed by atoms with van der Waals surface area (Å²) >= 11 is 0. The lowest BCUT2D eigenvalue weighted by Gasteiger charge is -2.28. The number of carbonyl (C=O) groups excluding carboxylic acids is 4. The van der Waals surface area contributed by atoms with Crippen LogP contribution in [0.2, 0.25) is 0 Å². The smallest absolute Gasteiger partial charge is 0.263 e. The van der Waals surface area contributed by atoms with E-state index in [1.54, 1.807) is 43.3 Å². The van der Waals surface area contributed by atoms with Crippen LogP contribution in [-0.4, -0.2) is 78.3 Å². The fraction of sp³-hybridized carbons (Fsp3) is 0.267. The van der Waals surface area contributed by atoms with Gasteiger partial charge in [0.15, 0.2) is 0 Å². The predicted octanol–water partition coefficient (Wildman–Crippen LogP) is 3.99. The highest BCUT2D eigenvalue weighted by Gasteiger charge is 2.41. The second-order valence-electron chi connectivity index (χ2n) is 10.2. The van der Waals surface area contributed by atoms with E-state index in [-0.39, 0.29) is 40.1 Å². The van der Waals surface area contributed by atoms with Gasteiger partial charge in [0.2, 0.25) is 10.0 Å². The van der Waals surface area contributed by atoms with Gasteiger partial charge in [-0.1, -0.05) is 42.0 Å². The van der Waals surface area contributed by atoms with Crippen molar-refractivity contribution in [3.05, 3.63) is 101 Å². The Labute approximate surface area is 241 Å². The van der Waals surface area contributed by atoms with Crippen molar-refractivity contribution in [1.29, 1.82) is 0 Å². The Bertz CT molecular complexity index is 1620. The molecular weight excluding hydrogens is 568 g/mol. The molecular formula is C30H27F2N3O6S. The number of halogens is 2. The zero-order valence-corrected chi connectivity index (χ0v) is 23.4. The van der Waals surface area contributed by atoms with Crippen LogP contribution in [0.1, 0.15) is 59.8 Å². The molecule has 4 amide bonds. The van der Waals surface area contributed by atoms with Crippen molar-refractivity contribution in [2.75, 3.05) is 26.2 Å². The van der Waals surface area contributed by atoms with Gasteiger partial charge < -0.3 is 0 Å². The topological polar surface area (TPSA) is 112 Å². The van der Waals surface area contributed by atoms with E-state index in [0.717, 1.165) is 15.4 Å². The highest BCUT2D eigenvalue weighted by molar-refractivity contribution is 7.89. The molecule has 12 heteroatoms. The Balaban J connectivity index is 1.31. The fourth-order valence-electron chi connectivity index (χ4n) is 5.05. The highest BCUT2D eigenvalue weighted by atomic mass is 32.2. The predicted molar refractivity (Wildman–Crippen MR) is 148 cm³/mol. The summed E-state index contributed by atoms with van der Waals surface area (Å²) in [6, 6.07) is 18.0. The lowest BCUT2D eigenvalue weighted by molar-refractivity contribution is -0.0274. The third kappa shape index (κ3) is 5.47. The molecule has 0 aliphatic carbocycles. The maximum atomic E-state index is 15.4. The van der Waals surface area contributed by atoms with Crippen LogP contribution in [0, 0.1) is 6.92 Å². The average Bonchev–Trinajstić information content (AvgIpc) is 3.36. The number of alkyl halides is 2. The number of fused-ring (bicyclic) bond motifs is 2. The summed E-state index contributed by atoms with van der Waals surface area (Å²) in [6.45, 7) is -0.663. The normalized spacial score (nSPS) is 15.1. The highest BCUT2D eigenvalue weighted by Crippen LogP contribution is 2.29. The number of rotatable bonds is 11. The van der Waals surface area contributed by atoms with E-state index >= 15 is 8.78 Å². The molecule has 0 radical (unpaired) electrons. The first-order chi connectivity index (χ1) is 19.9. The van der Waals surface area contributed by atoms with Crippen LogP contribution in [0.4, 0.5) is 8.78 Å². The zero-order chi connectivity index (χ0) is 30.2. The van der Waals surface area contributed by atoms with E-state index in [1.165, 1.54) is 36.4 Å². The van der Waals surface area contributed by atoms with Crippen LogP contribution in [0.15, 0.2) is 77.7 Å². The van der Waals surface area contributed by atoms with E-state index in [1.807, 2.05) is 0 Å². The van der Waals surface area contributed by atoms with Crippen molar-refractivity contribution in [3.63, 3.8) is 0 Å². The summed E-state index contributed by atoms with van der Waals surface area (Å²) in [7, 11) is -4.41. The van der Waals surface area contributed by atoms with E-state index in [4.69, 9.17) is 0 Å². The van der Waals surface area contributed by atoms with E-state index in [9.17, 15) is 27.6 Å². The molecule has 0 aromatic heterocycles. The quantitative estimate of drug-likeness (QED) is 0.310. The van der Waals surface area contributed by atoms with Crippen LogP contribution < -0.4 is 0 Å². The molecule has 0 spiro atoms. The van der Waals surface area contributed by atoms with Gasteiger partial charge in [-0.2, -0.15) is 4.31 Å². The van der Waals surface area contributed by atoms with E-state index in [0.29, 0.717) is 4.31 Å². The Kier molecular flexibility index (Phi) is 7.78. The van der Waals surface area contributed by atoms with Gasteiger partial charge in [0.1, 0.15) is 0 Å². The number of sulfonamides is 1. The molecule has 5 rings (SSSR count). The molecule has 9 nitrogen and oxygen atoms in total. The van der Waals surface area contributed by atoms with Gasteiger partial charge in [-0.3, -0.25) is 29.0 Å². The monoisotopic (exact) mass is 595 g/mol. The molecule has 0 N–H and O–H groups in total. The van der Waals surface area contributed by atoms with Crippen molar-refractivity contribution in [3.8, 4) is 0 Å². The minimum absolute atomic E-state index is 0.0922. The number of imide groups is 2. The lowest BCUT2D eigenvalue weighted by atomic mass is 10.1. The molecule has 0 unspecified atom stereocenters. The first-order valence-electron chi connectivity index (χ1n) is 13.3. The standard InChI is InChI=1S/C30H27F2N3O6S/c1-20-11-13-21(14-12-20)42(40,41)33(16-6-17-34-26(36)22-7-2-3-8-23(22)27(34)37)19-30(31,32)15-18-35-28(38)24-9-4-5-10-25(24)29(35)39/h2-5,7-14H,6,15-19H2,1H3. The Morgan fingerprint density at radius 3 is 1.57 bits per heavy atom. The SMILES string of the molecule is Cc1ccc(S(=O)(=O)N(CCCN2C(=O)c3ccccc3C2=O)CC(F)(F)CCN2C(=O)c3ccccc3C2=O)cc1. The van der Waals surface area contributed by atoms with Crippen LogP contribution >= 0.6 is 0 Å². The Hall–Kier alpha value is -4.29. The molecule has 0 bridgehead atoms. The number of benzene rings is 3. The van der Waals surface area contributed by atoms with Crippen LogP contribution in [0.3, 0.4) is 0 Å². The van der Waals surface area contributed by atoms with Gasteiger partial charge in [0.05, 0.1) is 33.7 Å². The number of nitrogens with zero attached hydrogens (tertiary/aromatic N) is 3. The second-order valence-corrected chi connectivity index (χ2v) is 12.2. The molecule has 3 aromatic rings.